The lowest BCUT2D eigenvalue weighted by molar-refractivity contribution is -0.142. The highest BCUT2D eigenvalue weighted by molar-refractivity contribution is 5.95. The molecule has 0 bridgehead atoms. The predicted molar refractivity (Wildman–Crippen MR) is 68.3 cm³/mol. The van der Waals surface area contributed by atoms with Crippen LogP contribution in [-0.2, 0) is 16.0 Å². The lowest BCUT2D eigenvalue weighted by Crippen LogP contribution is -2.48. The van der Waals surface area contributed by atoms with E-state index < -0.39 is 17.9 Å². The number of carbonyl (C=O) groups excluding carboxylic acids is 1. The molecule has 7 nitrogen and oxygen atoms in total. The Bertz CT molecular complexity index is 479. The van der Waals surface area contributed by atoms with E-state index in [2.05, 4.69) is 10.3 Å². The fourth-order valence-electron chi connectivity index (χ4n) is 2.33. The molecule has 1 saturated heterocycles. The van der Waals surface area contributed by atoms with Crippen LogP contribution in [0.5, 0.6) is 0 Å². The number of amides is 1. The van der Waals surface area contributed by atoms with Crippen LogP contribution in [0.1, 0.15) is 36.0 Å². The largest absolute Gasteiger partial charge is 0.480 e. The van der Waals surface area contributed by atoms with E-state index in [0.717, 1.165) is 12.8 Å². The quantitative estimate of drug-likeness (QED) is 0.830. The molecule has 2 heterocycles. The van der Waals surface area contributed by atoms with Gasteiger partial charge in [-0.2, -0.15) is 0 Å². The van der Waals surface area contributed by atoms with Crippen molar-refractivity contribution >= 4 is 11.9 Å². The second-order valence-corrected chi connectivity index (χ2v) is 4.74. The van der Waals surface area contributed by atoms with Crippen LogP contribution in [0, 0.1) is 5.92 Å². The molecule has 2 N–H and O–H groups in total. The molecular formula is C13H18N2O5. The zero-order valence-electron chi connectivity index (χ0n) is 11.3. The third-order valence-electron chi connectivity index (χ3n) is 3.40. The van der Waals surface area contributed by atoms with Crippen LogP contribution in [0.15, 0.2) is 10.8 Å². The van der Waals surface area contributed by atoms with Gasteiger partial charge >= 0.3 is 5.97 Å². The van der Waals surface area contributed by atoms with Gasteiger partial charge in [-0.1, -0.05) is 6.92 Å². The van der Waals surface area contributed by atoms with Gasteiger partial charge in [-0.25, -0.2) is 9.78 Å². The topological polar surface area (TPSA) is 102 Å². The summed E-state index contributed by atoms with van der Waals surface area (Å²) in [6.45, 7) is 2.82. The fourth-order valence-corrected chi connectivity index (χ4v) is 2.33. The number of nitrogens with one attached hydrogen (secondary N) is 1. The first-order chi connectivity index (χ1) is 9.63. The van der Waals surface area contributed by atoms with Gasteiger partial charge in [-0.05, 0) is 12.8 Å². The summed E-state index contributed by atoms with van der Waals surface area (Å²) >= 11 is 0. The van der Waals surface area contributed by atoms with Crippen molar-refractivity contribution in [3.63, 3.8) is 0 Å². The lowest BCUT2D eigenvalue weighted by Gasteiger charge is -2.27. The summed E-state index contributed by atoms with van der Waals surface area (Å²) in [4.78, 5) is 27.3. The summed E-state index contributed by atoms with van der Waals surface area (Å²) in [5, 5.41) is 11.8. The molecule has 2 unspecified atom stereocenters. The molecule has 7 heteroatoms. The number of carbonyl (C=O) groups is 2. The van der Waals surface area contributed by atoms with Gasteiger partial charge in [0, 0.05) is 18.9 Å². The molecule has 0 aromatic carbocycles. The van der Waals surface area contributed by atoms with Crippen LogP contribution in [0.3, 0.4) is 0 Å². The Hall–Kier alpha value is -1.89. The molecular weight excluding hydrogens is 264 g/mol. The van der Waals surface area contributed by atoms with E-state index >= 15 is 0 Å². The number of aromatic nitrogens is 1. The third-order valence-corrected chi connectivity index (χ3v) is 3.40. The molecule has 1 aliphatic heterocycles. The molecule has 0 radical (unpaired) electrons. The maximum absolute atomic E-state index is 12.1. The zero-order valence-corrected chi connectivity index (χ0v) is 11.3. The number of nitrogens with zero attached hydrogens (tertiary/aromatic N) is 1. The summed E-state index contributed by atoms with van der Waals surface area (Å²) in [6.07, 6.45) is 3.23. The van der Waals surface area contributed by atoms with E-state index in [1.54, 1.807) is 0 Å². The van der Waals surface area contributed by atoms with Crippen LogP contribution >= 0.6 is 0 Å². The van der Waals surface area contributed by atoms with Gasteiger partial charge in [-0.3, -0.25) is 4.79 Å². The van der Waals surface area contributed by atoms with Crippen LogP contribution in [-0.4, -0.2) is 41.2 Å². The molecule has 1 aromatic heterocycles. The Balaban J connectivity index is 2.08. The monoisotopic (exact) mass is 282 g/mol. The molecule has 110 valence electrons. The highest BCUT2D eigenvalue weighted by Crippen LogP contribution is 2.18. The average molecular weight is 282 g/mol. The second kappa shape index (κ2) is 6.51. The van der Waals surface area contributed by atoms with Gasteiger partial charge in [0.1, 0.15) is 11.8 Å². The van der Waals surface area contributed by atoms with Crippen molar-refractivity contribution in [2.24, 2.45) is 5.92 Å². The Morgan fingerprint density at radius 3 is 3.00 bits per heavy atom. The number of oxazole rings is 1. The number of aliphatic carboxylic acids is 1. The number of rotatable bonds is 5. The van der Waals surface area contributed by atoms with Crippen LogP contribution < -0.4 is 5.32 Å². The first kappa shape index (κ1) is 14.5. The number of hydrogen-bond acceptors (Lipinski definition) is 5. The van der Waals surface area contributed by atoms with E-state index in [1.165, 1.54) is 6.39 Å². The van der Waals surface area contributed by atoms with E-state index in [1.807, 2.05) is 6.92 Å². The normalized spacial score (nSPS) is 20.4. The Kier molecular flexibility index (Phi) is 4.73. The summed E-state index contributed by atoms with van der Waals surface area (Å²) in [5.74, 6) is -1.35. The van der Waals surface area contributed by atoms with Gasteiger partial charge in [0.2, 0.25) is 0 Å². The van der Waals surface area contributed by atoms with E-state index in [-0.39, 0.29) is 11.6 Å². The highest BCUT2D eigenvalue weighted by atomic mass is 16.5. The SMILES string of the molecule is CCc1ocnc1C(=O)NC(C(=O)O)C1CCCOC1. The van der Waals surface area contributed by atoms with Gasteiger partial charge in [-0.15, -0.1) is 0 Å². The molecule has 2 atom stereocenters. The summed E-state index contributed by atoms with van der Waals surface area (Å²) in [6, 6.07) is -0.968. The van der Waals surface area contributed by atoms with Gasteiger partial charge in [0.15, 0.2) is 12.1 Å². The van der Waals surface area contributed by atoms with Crippen LogP contribution in [0.4, 0.5) is 0 Å². The average Bonchev–Trinajstić information content (AvgIpc) is 2.93. The minimum Gasteiger partial charge on any atom is -0.480 e. The van der Waals surface area contributed by atoms with Crippen molar-refractivity contribution in [3.05, 3.63) is 17.8 Å². The molecule has 20 heavy (non-hydrogen) atoms. The summed E-state index contributed by atoms with van der Waals surface area (Å²) < 4.78 is 10.4. The summed E-state index contributed by atoms with van der Waals surface area (Å²) in [5.41, 5.74) is 0.149. The van der Waals surface area contributed by atoms with Crippen molar-refractivity contribution < 1.29 is 23.8 Å². The van der Waals surface area contributed by atoms with Crippen LogP contribution in [0.25, 0.3) is 0 Å². The predicted octanol–water partition coefficient (Wildman–Crippen LogP) is 0.847. The number of aryl methyl sites for hydroxylation is 1. The first-order valence-electron chi connectivity index (χ1n) is 6.67. The van der Waals surface area contributed by atoms with E-state index in [4.69, 9.17) is 9.15 Å². The fraction of sp³-hybridized carbons (Fsp3) is 0.615. The second-order valence-electron chi connectivity index (χ2n) is 4.74. The highest BCUT2D eigenvalue weighted by Gasteiger charge is 2.32. The smallest absolute Gasteiger partial charge is 0.326 e. The van der Waals surface area contributed by atoms with Crippen molar-refractivity contribution in [3.8, 4) is 0 Å². The molecule has 0 aliphatic carbocycles. The van der Waals surface area contributed by atoms with Crippen LogP contribution in [0.2, 0.25) is 0 Å². The minimum atomic E-state index is -1.06. The van der Waals surface area contributed by atoms with Crippen molar-refractivity contribution in [2.45, 2.75) is 32.2 Å². The van der Waals surface area contributed by atoms with Crippen molar-refractivity contribution in [2.75, 3.05) is 13.2 Å². The molecule has 1 amide bonds. The van der Waals surface area contributed by atoms with E-state index in [9.17, 15) is 14.7 Å². The van der Waals surface area contributed by atoms with Gasteiger partial charge in [0.05, 0.1) is 6.61 Å². The first-order valence-corrected chi connectivity index (χ1v) is 6.67. The van der Waals surface area contributed by atoms with E-state index in [0.29, 0.717) is 25.4 Å². The maximum atomic E-state index is 12.1. The Morgan fingerprint density at radius 2 is 2.40 bits per heavy atom. The molecule has 0 saturated carbocycles. The maximum Gasteiger partial charge on any atom is 0.326 e. The molecule has 1 fully saturated rings. The van der Waals surface area contributed by atoms with Gasteiger partial charge in [0.25, 0.3) is 5.91 Å². The Labute approximate surface area is 116 Å². The number of hydrogen-bond donors (Lipinski definition) is 2. The number of carboxylic acids is 1. The van der Waals surface area contributed by atoms with Crippen molar-refractivity contribution in [1.29, 1.82) is 0 Å². The lowest BCUT2D eigenvalue weighted by atomic mass is 9.93. The molecule has 2 rings (SSSR count). The zero-order chi connectivity index (χ0) is 14.5. The number of ether oxygens (including phenoxy) is 1. The van der Waals surface area contributed by atoms with Crippen molar-refractivity contribution in [1.82, 2.24) is 10.3 Å². The van der Waals surface area contributed by atoms with Gasteiger partial charge < -0.3 is 19.6 Å². The third kappa shape index (κ3) is 3.16. The minimum absolute atomic E-state index is 0.149. The Morgan fingerprint density at radius 1 is 1.60 bits per heavy atom. The summed E-state index contributed by atoms with van der Waals surface area (Å²) in [7, 11) is 0. The number of carboxylic acid groups (broad SMARTS) is 1. The molecule has 0 spiro atoms. The molecule has 1 aliphatic rings. The molecule has 1 aromatic rings. The standard InChI is InChI=1S/C13H18N2O5/c1-2-9-11(14-7-20-9)12(16)15-10(13(17)18)8-4-3-5-19-6-8/h7-8,10H,2-6H2,1H3,(H,15,16)(H,17,18).